The first-order chi connectivity index (χ1) is 9.79. The second-order valence-corrected chi connectivity index (χ2v) is 5.90. The Bertz CT molecular complexity index is 656. The molecule has 20 heavy (non-hydrogen) atoms. The molecule has 0 saturated heterocycles. The van der Waals surface area contributed by atoms with Gasteiger partial charge in [-0.25, -0.2) is 4.98 Å². The van der Waals surface area contributed by atoms with Crippen molar-refractivity contribution in [2.75, 3.05) is 13.3 Å². The minimum Gasteiger partial charge on any atom is -0.454 e. The predicted molar refractivity (Wildman–Crippen MR) is 76.6 cm³/mol. The summed E-state index contributed by atoms with van der Waals surface area (Å²) in [5.74, 6) is 2.78. The largest absolute Gasteiger partial charge is 0.454 e. The van der Waals surface area contributed by atoms with Gasteiger partial charge in [0.25, 0.3) is 0 Å². The standard InChI is InChI=1S/C14H14BrN3O2/c15-11-6-13-12(19-9-20-13)5-10(11)7-17-3-4-18-2-1-16-14(18)8-17/h1-2,5-6H,3-4,7-9H2. The molecule has 4 rings (SSSR count). The summed E-state index contributed by atoms with van der Waals surface area (Å²) in [6.45, 7) is 4.10. The molecule has 0 spiro atoms. The normalized spacial score (nSPS) is 17.2. The van der Waals surface area contributed by atoms with Gasteiger partial charge in [0.1, 0.15) is 5.82 Å². The molecule has 0 fully saturated rings. The molecule has 6 heteroatoms. The molecule has 0 N–H and O–H groups in total. The molecule has 0 amide bonds. The van der Waals surface area contributed by atoms with E-state index in [9.17, 15) is 0 Å². The third kappa shape index (κ3) is 2.09. The molecule has 1 aromatic heterocycles. The maximum Gasteiger partial charge on any atom is 0.231 e. The number of fused-ring (bicyclic) bond motifs is 2. The lowest BCUT2D eigenvalue weighted by molar-refractivity contribution is 0.173. The fourth-order valence-electron chi connectivity index (χ4n) is 2.68. The zero-order valence-corrected chi connectivity index (χ0v) is 12.5. The van der Waals surface area contributed by atoms with Crippen LogP contribution in [0.25, 0.3) is 0 Å². The molecule has 2 aromatic rings. The van der Waals surface area contributed by atoms with Crippen LogP contribution in [-0.4, -0.2) is 27.8 Å². The topological polar surface area (TPSA) is 39.5 Å². The highest BCUT2D eigenvalue weighted by atomic mass is 79.9. The van der Waals surface area contributed by atoms with Crippen molar-refractivity contribution >= 4 is 15.9 Å². The summed E-state index contributed by atoms with van der Waals surface area (Å²) in [6.07, 6.45) is 3.92. The van der Waals surface area contributed by atoms with E-state index in [4.69, 9.17) is 9.47 Å². The first kappa shape index (κ1) is 12.2. The Morgan fingerprint density at radius 2 is 2.05 bits per heavy atom. The van der Waals surface area contributed by atoms with Crippen LogP contribution in [0, 0.1) is 0 Å². The van der Waals surface area contributed by atoms with Gasteiger partial charge >= 0.3 is 0 Å². The Balaban J connectivity index is 1.55. The van der Waals surface area contributed by atoms with Gasteiger partial charge in [0.15, 0.2) is 11.5 Å². The van der Waals surface area contributed by atoms with Gasteiger partial charge in [0.2, 0.25) is 6.79 Å². The highest BCUT2D eigenvalue weighted by molar-refractivity contribution is 9.10. The Morgan fingerprint density at radius 1 is 1.20 bits per heavy atom. The maximum absolute atomic E-state index is 5.45. The first-order valence-corrected chi connectivity index (χ1v) is 7.39. The highest BCUT2D eigenvalue weighted by Gasteiger charge is 2.20. The van der Waals surface area contributed by atoms with Gasteiger partial charge in [-0.15, -0.1) is 0 Å². The average molecular weight is 336 g/mol. The Hall–Kier alpha value is -1.53. The third-order valence-corrected chi connectivity index (χ3v) is 4.50. The lowest BCUT2D eigenvalue weighted by Crippen LogP contribution is -2.33. The van der Waals surface area contributed by atoms with E-state index in [0.29, 0.717) is 6.79 Å². The van der Waals surface area contributed by atoms with Crippen molar-refractivity contribution in [3.63, 3.8) is 0 Å². The monoisotopic (exact) mass is 335 g/mol. The van der Waals surface area contributed by atoms with Crippen molar-refractivity contribution in [3.8, 4) is 11.5 Å². The quantitative estimate of drug-likeness (QED) is 0.844. The molecular weight excluding hydrogens is 322 g/mol. The molecule has 1 aromatic carbocycles. The third-order valence-electron chi connectivity index (χ3n) is 3.76. The van der Waals surface area contributed by atoms with Crippen LogP contribution in [0.3, 0.4) is 0 Å². The van der Waals surface area contributed by atoms with Gasteiger partial charge in [0, 0.05) is 36.5 Å². The van der Waals surface area contributed by atoms with Crippen LogP contribution >= 0.6 is 15.9 Å². The lowest BCUT2D eigenvalue weighted by Gasteiger charge is -2.27. The molecule has 104 valence electrons. The van der Waals surface area contributed by atoms with Gasteiger partial charge in [-0.3, -0.25) is 4.90 Å². The molecule has 5 nitrogen and oxygen atoms in total. The average Bonchev–Trinajstić information content (AvgIpc) is 3.06. The fraction of sp³-hybridized carbons (Fsp3) is 0.357. The van der Waals surface area contributed by atoms with E-state index in [1.165, 1.54) is 5.56 Å². The molecule has 2 aliphatic rings. The highest BCUT2D eigenvalue weighted by Crippen LogP contribution is 2.37. The van der Waals surface area contributed by atoms with Crippen LogP contribution in [0.5, 0.6) is 11.5 Å². The first-order valence-electron chi connectivity index (χ1n) is 6.60. The van der Waals surface area contributed by atoms with Crippen molar-refractivity contribution in [1.82, 2.24) is 14.5 Å². The second kappa shape index (κ2) is 4.79. The van der Waals surface area contributed by atoms with Crippen molar-refractivity contribution in [1.29, 1.82) is 0 Å². The van der Waals surface area contributed by atoms with Crippen LogP contribution in [-0.2, 0) is 19.6 Å². The number of benzene rings is 1. The van der Waals surface area contributed by atoms with Gasteiger partial charge in [-0.05, 0) is 17.7 Å². The van der Waals surface area contributed by atoms with Gasteiger partial charge in [-0.2, -0.15) is 0 Å². The van der Waals surface area contributed by atoms with Crippen LogP contribution in [0.15, 0.2) is 29.0 Å². The van der Waals surface area contributed by atoms with E-state index in [2.05, 4.69) is 36.4 Å². The lowest BCUT2D eigenvalue weighted by atomic mass is 10.1. The fourth-order valence-corrected chi connectivity index (χ4v) is 3.13. The number of ether oxygens (including phenoxy) is 2. The van der Waals surface area contributed by atoms with Crippen LogP contribution in [0.4, 0.5) is 0 Å². The predicted octanol–water partition coefficient (Wildman–Crippen LogP) is 2.39. The number of rotatable bonds is 2. The molecular formula is C14H14BrN3O2. The Kier molecular flexibility index (Phi) is 2.93. The van der Waals surface area contributed by atoms with E-state index < -0.39 is 0 Å². The minimum absolute atomic E-state index is 0.312. The molecule has 0 saturated carbocycles. The van der Waals surface area contributed by atoms with Crippen molar-refractivity contribution < 1.29 is 9.47 Å². The molecule has 0 aliphatic carbocycles. The zero-order chi connectivity index (χ0) is 13.5. The number of imidazole rings is 1. The summed E-state index contributed by atoms with van der Waals surface area (Å²) in [5.41, 5.74) is 1.22. The molecule has 0 unspecified atom stereocenters. The Morgan fingerprint density at radius 3 is 2.95 bits per heavy atom. The SMILES string of the molecule is Brc1cc2c(cc1CN1CCn3ccnc3C1)OCO2. The zero-order valence-electron chi connectivity index (χ0n) is 10.9. The van der Waals surface area contributed by atoms with E-state index >= 15 is 0 Å². The van der Waals surface area contributed by atoms with E-state index in [1.807, 2.05) is 18.5 Å². The van der Waals surface area contributed by atoms with Crippen LogP contribution in [0.1, 0.15) is 11.4 Å². The molecule has 0 atom stereocenters. The summed E-state index contributed by atoms with van der Waals surface area (Å²) in [6, 6.07) is 4.05. The van der Waals surface area contributed by atoms with Gasteiger partial charge < -0.3 is 14.0 Å². The van der Waals surface area contributed by atoms with Crippen molar-refractivity contribution in [3.05, 3.63) is 40.4 Å². The smallest absolute Gasteiger partial charge is 0.231 e. The van der Waals surface area contributed by atoms with Crippen LogP contribution in [0.2, 0.25) is 0 Å². The molecule has 0 radical (unpaired) electrons. The van der Waals surface area contributed by atoms with E-state index in [0.717, 1.165) is 48.0 Å². The number of halogens is 1. The Labute approximate surface area is 125 Å². The van der Waals surface area contributed by atoms with E-state index in [1.54, 1.807) is 0 Å². The summed E-state index contributed by atoms with van der Waals surface area (Å²) < 4.78 is 14.1. The molecule has 2 aliphatic heterocycles. The number of aromatic nitrogens is 2. The van der Waals surface area contributed by atoms with Crippen molar-refractivity contribution in [2.24, 2.45) is 0 Å². The summed E-state index contributed by atoms with van der Waals surface area (Å²) in [7, 11) is 0. The second-order valence-electron chi connectivity index (χ2n) is 5.04. The van der Waals surface area contributed by atoms with E-state index in [-0.39, 0.29) is 0 Å². The maximum atomic E-state index is 5.45. The molecule has 3 heterocycles. The number of hydrogen-bond acceptors (Lipinski definition) is 4. The number of hydrogen-bond donors (Lipinski definition) is 0. The minimum atomic E-state index is 0.312. The van der Waals surface area contributed by atoms with Gasteiger partial charge in [-0.1, -0.05) is 15.9 Å². The molecule has 0 bridgehead atoms. The van der Waals surface area contributed by atoms with Gasteiger partial charge in [0.05, 0.1) is 6.54 Å². The summed E-state index contributed by atoms with van der Waals surface area (Å²) in [4.78, 5) is 6.79. The van der Waals surface area contributed by atoms with Crippen LogP contribution < -0.4 is 9.47 Å². The summed E-state index contributed by atoms with van der Waals surface area (Å²) >= 11 is 3.62. The number of nitrogens with zero attached hydrogens (tertiary/aromatic N) is 3. The summed E-state index contributed by atoms with van der Waals surface area (Å²) in [5, 5.41) is 0. The van der Waals surface area contributed by atoms with Crippen molar-refractivity contribution in [2.45, 2.75) is 19.6 Å².